The molecule has 2 aromatic carbocycles. The average Bonchev–Trinajstić information content (AvgIpc) is 2.59. The van der Waals surface area contributed by atoms with Gasteiger partial charge in [-0.1, -0.05) is 48.5 Å². The van der Waals surface area contributed by atoms with E-state index >= 15 is 0 Å². The molecule has 0 amide bonds. The number of anilines is 1. The smallest absolute Gasteiger partial charge is 0.0834 e. The third-order valence-electron chi connectivity index (χ3n) is 3.59. The third-order valence-corrected chi connectivity index (χ3v) is 3.59. The Morgan fingerprint density at radius 2 is 1.77 bits per heavy atom. The van der Waals surface area contributed by atoms with Crippen LogP contribution in [0.3, 0.4) is 0 Å². The number of aliphatic hydroxyl groups excluding tert-OH is 1. The number of nitrogens with zero attached hydrogens (tertiary/aromatic N) is 1. The molecule has 0 fully saturated rings. The molecule has 3 aromatic rings. The summed E-state index contributed by atoms with van der Waals surface area (Å²) in [5.74, 6) is 0. The molecule has 4 nitrogen and oxygen atoms in total. The second kappa shape index (κ2) is 6.56. The van der Waals surface area contributed by atoms with Crippen LogP contribution in [0.15, 0.2) is 60.7 Å². The van der Waals surface area contributed by atoms with E-state index in [1.165, 1.54) is 0 Å². The Labute approximate surface area is 129 Å². The molecule has 1 unspecified atom stereocenters. The van der Waals surface area contributed by atoms with Gasteiger partial charge in [0.15, 0.2) is 0 Å². The van der Waals surface area contributed by atoms with Gasteiger partial charge >= 0.3 is 0 Å². The number of benzene rings is 2. The van der Waals surface area contributed by atoms with Gasteiger partial charge in [-0.2, -0.15) is 0 Å². The molecule has 0 bridgehead atoms. The molecule has 0 radical (unpaired) electrons. The number of nitrogens with one attached hydrogen (secondary N) is 1. The van der Waals surface area contributed by atoms with Crippen LogP contribution in [0.4, 0.5) is 5.69 Å². The number of hydrogen-bond acceptors (Lipinski definition) is 4. The first-order valence-corrected chi connectivity index (χ1v) is 7.35. The first kappa shape index (κ1) is 14.5. The highest BCUT2D eigenvalue weighted by Gasteiger charge is 2.08. The van der Waals surface area contributed by atoms with Gasteiger partial charge in [-0.25, -0.2) is 4.98 Å². The molecule has 4 N–H and O–H groups in total. The van der Waals surface area contributed by atoms with Crippen molar-refractivity contribution < 1.29 is 5.11 Å². The van der Waals surface area contributed by atoms with Gasteiger partial charge in [0.1, 0.15) is 0 Å². The van der Waals surface area contributed by atoms with Gasteiger partial charge < -0.3 is 16.2 Å². The van der Waals surface area contributed by atoms with Crippen molar-refractivity contribution in [2.24, 2.45) is 5.73 Å². The van der Waals surface area contributed by atoms with E-state index in [9.17, 15) is 5.11 Å². The Morgan fingerprint density at radius 3 is 2.55 bits per heavy atom. The average molecular weight is 293 g/mol. The lowest BCUT2D eigenvalue weighted by Gasteiger charge is -2.14. The summed E-state index contributed by atoms with van der Waals surface area (Å²) in [5, 5.41) is 14.0. The summed E-state index contributed by atoms with van der Waals surface area (Å²) < 4.78 is 0. The van der Waals surface area contributed by atoms with Gasteiger partial charge in [-0.15, -0.1) is 0 Å². The standard InChI is InChI=1S/C18H19N3O/c19-11-14(22)12-20-18-10-17(13-6-2-1-3-7-13)21-16-9-5-4-8-15(16)18/h1-10,14,22H,11-12,19H2,(H,20,21). The van der Waals surface area contributed by atoms with E-state index in [1.807, 2.05) is 60.7 Å². The van der Waals surface area contributed by atoms with Crippen molar-refractivity contribution in [2.75, 3.05) is 18.4 Å². The zero-order chi connectivity index (χ0) is 15.4. The predicted octanol–water partition coefficient (Wildman–Crippen LogP) is 2.63. The minimum Gasteiger partial charge on any atom is -0.390 e. The molecule has 0 saturated heterocycles. The third kappa shape index (κ3) is 3.08. The zero-order valence-corrected chi connectivity index (χ0v) is 12.2. The van der Waals surface area contributed by atoms with Crippen LogP contribution >= 0.6 is 0 Å². The van der Waals surface area contributed by atoms with Crippen LogP contribution in [0.5, 0.6) is 0 Å². The number of pyridine rings is 1. The second-order valence-corrected chi connectivity index (χ2v) is 5.21. The number of rotatable bonds is 5. The highest BCUT2D eigenvalue weighted by molar-refractivity contribution is 5.93. The number of aromatic nitrogens is 1. The van der Waals surface area contributed by atoms with Gasteiger partial charge in [0.05, 0.1) is 17.3 Å². The first-order chi connectivity index (χ1) is 10.8. The Balaban J connectivity index is 2.04. The largest absolute Gasteiger partial charge is 0.390 e. The highest BCUT2D eigenvalue weighted by Crippen LogP contribution is 2.28. The molecule has 1 aromatic heterocycles. The predicted molar refractivity (Wildman–Crippen MR) is 90.7 cm³/mol. The van der Waals surface area contributed by atoms with Crippen molar-refractivity contribution in [3.63, 3.8) is 0 Å². The summed E-state index contributed by atoms with van der Waals surface area (Å²) in [6, 6.07) is 20.0. The van der Waals surface area contributed by atoms with Crippen molar-refractivity contribution in [2.45, 2.75) is 6.10 Å². The number of fused-ring (bicyclic) bond motifs is 1. The van der Waals surface area contributed by atoms with E-state index in [2.05, 4.69) is 5.32 Å². The summed E-state index contributed by atoms with van der Waals surface area (Å²) in [4.78, 5) is 4.73. The maximum Gasteiger partial charge on any atom is 0.0834 e. The van der Waals surface area contributed by atoms with Gasteiger partial charge in [-0.3, -0.25) is 0 Å². The fourth-order valence-corrected chi connectivity index (χ4v) is 2.39. The molecule has 0 aliphatic carbocycles. The molecular formula is C18H19N3O. The molecule has 1 atom stereocenters. The lowest BCUT2D eigenvalue weighted by atomic mass is 10.1. The maximum atomic E-state index is 9.67. The highest BCUT2D eigenvalue weighted by atomic mass is 16.3. The molecule has 1 heterocycles. The summed E-state index contributed by atoms with van der Waals surface area (Å²) >= 11 is 0. The molecular weight excluding hydrogens is 274 g/mol. The number of aliphatic hydroxyl groups is 1. The zero-order valence-electron chi connectivity index (χ0n) is 12.2. The van der Waals surface area contributed by atoms with Crippen molar-refractivity contribution in [3.05, 3.63) is 60.7 Å². The Bertz CT molecular complexity index is 759. The number of nitrogens with two attached hydrogens (primary N) is 1. The summed E-state index contributed by atoms with van der Waals surface area (Å²) in [7, 11) is 0. The van der Waals surface area contributed by atoms with Crippen LogP contribution in [0.25, 0.3) is 22.2 Å². The Kier molecular flexibility index (Phi) is 4.32. The van der Waals surface area contributed by atoms with E-state index in [0.717, 1.165) is 27.8 Å². The van der Waals surface area contributed by atoms with Gasteiger partial charge in [0.25, 0.3) is 0 Å². The van der Waals surface area contributed by atoms with Crippen LogP contribution in [-0.2, 0) is 0 Å². The van der Waals surface area contributed by atoms with Gasteiger partial charge in [0, 0.05) is 29.7 Å². The molecule has 0 aliphatic rings. The lowest BCUT2D eigenvalue weighted by Crippen LogP contribution is -2.27. The lowest BCUT2D eigenvalue weighted by molar-refractivity contribution is 0.196. The number of para-hydroxylation sites is 1. The van der Waals surface area contributed by atoms with E-state index < -0.39 is 6.10 Å². The van der Waals surface area contributed by atoms with Crippen molar-refractivity contribution in [3.8, 4) is 11.3 Å². The van der Waals surface area contributed by atoms with E-state index in [-0.39, 0.29) is 6.54 Å². The molecule has 4 heteroatoms. The van der Waals surface area contributed by atoms with Crippen LogP contribution in [0, 0.1) is 0 Å². The molecule has 22 heavy (non-hydrogen) atoms. The van der Waals surface area contributed by atoms with Crippen molar-refractivity contribution in [1.82, 2.24) is 4.98 Å². The first-order valence-electron chi connectivity index (χ1n) is 7.35. The SMILES string of the molecule is NCC(O)CNc1cc(-c2ccccc2)nc2ccccc12. The number of hydrogen-bond donors (Lipinski definition) is 3. The van der Waals surface area contributed by atoms with Gasteiger partial charge in [0.2, 0.25) is 0 Å². The van der Waals surface area contributed by atoms with Crippen molar-refractivity contribution >= 4 is 16.6 Å². The van der Waals surface area contributed by atoms with Crippen LogP contribution in [0.2, 0.25) is 0 Å². The monoisotopic (exact) mass is 293 g/mol. The topological polar surface area (TPSA) is 71.2 Å². The van der Waals surface area contributed by atoms with Crippen LogP contribution in [0.1, 0.15) is 0 Å². The van der Waals surface area contributed by atoms with Crippen LogP contribution < -0.4 is 11.1 Å². The van der Waals surface area contributed by atoms with E-state index in [4.69, 9.17) is 10.7 Å². The minimum absolute atomic E-state index is 0.238. The fraction of sp³-hybridized carbons (Fsp3) is 0.167. The van der Waals surface area contributed by atoms with Crippen LogP contribution in [-0.4, -0.2) is 29.3 Å². The molecule has 0 aliphatic heterocycles. The van der Waals surface area contributed by atoms with E-state index in [1.54, 1.807) is 0 Å². The van der Waals surface area contributed by atoms with Gasteiger partial charge in [-0.05, 0) is 12.1 Å². The quantitative estimate of drug-likeness (QED) is 0.676. The normalized spacial score (nSPS) is 12.3. The Hall–Kier alpha value is -2.43. The van der Waals surface area contributed by atoms with Crippen molar-refractivity contribution in [1.29, 1.82) is 0 Å². The summed E-state index contributed by atoms with van der Waals surface area (Å²) in [6.45, 7) is 0.653. The molecule has 112 valence electrons. The summed E-state index contributed by atoms with van der Waals surface area (Å²) in [6.07, 6.45) is -0.563. The Morgan fingerprint density at radius 1 is 1.05 bits per heavy atom. The fourth-order valence-electron chi connectivity index (χ4n) is 2.39. The van der Waals surface area contributed by atoms with E-state index in [0.29, 0.717) is 6.54 Å². The molecule has 3 rings (SSSR count). The molecule has 0 spiro atoms. The maximum absolute atomic E-state index is 9.67. The molecule has 0 saturated carbocycles. The summed E-state index contributed by atoms with van der Waals surface area (Å²) in [5.41, 5.74) is 9.32. The minimum atomic E-state index is -0.563. The second-order valence-electron chi connectivity index (χ2n) is 5.21.